The summed E-state index contributed by atoms with van der Waals surface area (Å²) in [5.74, 6) is -1.68. The molecule has 2 aromatic rings. The topological polar surface area (TPSA) is 89.2 Å². The number of nitriles is 1. The number of carbonyl (C=O) groups excluding carboxylic acids is 1. The Kier molecular flexibility index (Phi) is 4.58. The molecule has 6 nitrogen and oxygen atoms in total. The molecule has 1 aliphatic rings. The number of methoxy groups -OCH3 is 1. The van der Waals surface area contributed by atoms with Crippen LogP contribution >= 0.6 is 0 Å². The molecule has 1 fully saturated rings. The normalized spacial score (nSPS) is 22.2. The van der Waals surface area contributed by atoms with E-state index in [0.29, 0.717) is 16.7 Å². The summed E-state index contributed by atoms with van der Waals surface area (Å²) >= 11 is 0. The van der Waals surface area contributed by atoms with Gasteiger partial charge in [0.15, 0.2) is 17.5 Å². The van der Waals surface area contributed by atoms with Crippen LogP contribution < -0.4 is 10.1 Å². The second-order valence-electron chi connectivity index (χ2n) is 6.59. The summed E-state index contributed by atoms with van der Waals surface area (Å²) in [6, 6.07) is 13.3. The average molecular weight is 366 g/mol. The van der Waals surface area contributed by atoms with Crippen molar-refractivity contribution < 1.29 is 13.9 Å². The summed E-state index contributed by atoms with van der Waals surface area (Å²) in [4.78, 5) is 14.3. The number of halogens is 1. The number of amides is 1. The number of hydrogen-bond acceptors (Lipinski definition) is 4. The number of ether oxygens (including phenoxy) is 1. The molecule has 0 spiro atoms. The van der Waals surface area contributed by atoms with Gasteiger partial charge in [0.05, 0.1) is 30.2 Å². The first-order valence-corrected chi connectivity index (χ1v) is 8.30. The molecule has 0 unspecified atom stereocenters. The van der Waals surface area contributed by atoms with E-state index in [4.69, 9.17) is 10.1 Å². The van der Waals surface area contributed by atoms with Gasteiger partial charge in [0.25, 0.3) is 0 Å². The predicted octanol–water partition coefficient (Wildman–Crippen LogP) is 2.70. The molecule has 138 valence electrons. The minimum absolute atomic E-state index is 0.0601. The van der Waals surface area contributed by atoms with Crippen molar-refractivity contribution in [2.24, 2.45) is 0 Å². The van der Waals surface area contributed by atoms with Gasteiger partial charge >= 0.3 is 0 Å². The number of nitrogens with one attached hydrogen (secondary N) is 2. The lowest BCUT2D eigenvalue weighted by Crippen LogP contribution is -2.62. The van der Waals surface area contributed by atoms with Crippen molar-refractivity contribution in [2.75, 3.05) is 14.2 Å². The zero-order valence-corrected chi connectivity index (χ0v) is 15.2. The van der Waals surface area contributed by atoms with Gasteiger partial charge in [0.1, 0.15) is 0 Å². The van der Waals surface area contributed by atoms with Crippen LogP contribution in [0.15, 0.2) is 42.5 Å². The SMILES string of the molecule is COc1ccc([C@H]2C(=O)N(C)C(=N)N[C@]2(C)c2cccc(C#N)c2)cc1F. The summed E-state index contributed by atoms with van der Waals surface area (Å²) < 4.78 is 19.3. The van der Waals surface area contributed by atoms with Crippen LogP contribution in [0.4, 0.5) is 4.39 Å². The zero-order valence-electron chi connectivity index (χ0n) is 15.2. The Bertz CT molecular complexity index is 969. The second kappa shape index (κ2) is 6.72. The molecule has 1 amide bonds. The lowest BCUT2D eigenvalue weighted by atomic mass is 9.73. The van der Waals surface area contributed by atoms with Gasteiger partial charge in [0.2, 0.25) is 5.91 Å². The van der Waals surface area contributed by atoms with E-state index >= 15 is 0 Å². The molecule has 0 saturated carbocycles. The van der Waals surface area contributed by atoms with Gasteiger partial charge in [-0.25, -0.2) is 4.39 Å². The molecule has 1 saturated heterocycles. The summed E-state index contributed by atoms with van der Waals surface area (Å²) in [5, 5.41) is 20.4. The molecule has 7 heteroatoms. The molecule has 0 aliphatic carbocycles. The van der Waals surface area contributed by atoms with E-state index in [1.807, 2.05) is 0 Å². The summed E-state index contributed by atoms with van der Waals surface area (Å²) in [6.45, 7) is 1.77. The van der Waals surface area contributed by atoms with Crippen LogP contribution in [0, 0.1) is 22.6 Å². The van der Waals surface area contributed by atoms with Crippen molar-refractivity contribution in [3.05, 3.63) is 65.0 Å². The third-order valence-electron chi connectivity index (χ3n) is 4.97. The summed E-state index contributed by atoms with van der Waals surface area (Å²) in [5.41, 5.74) is 0.520. The van der Waals surface area contributed by atoms with Crippen LogP contribution in [0.3, 0.4) is 0 Å². The third kappa shape index (κ3) is 2.99. The summed E-state index contributed by atoms with van der Waals surface area (Å²) in [6.07, 6.45) is 0. The highest BCUT2D eigenvalue weighted by atomic mass is 19.1. The molecular weight excluding hydrogens is 347 g/mol. The van der Waals surface area contributed by atoms with E-state index in [2.05, 4.69) is 11.4 Å². The van der Waals surface area contributed by atoms with E-state index < -0.39 is 17.3 Å². The quantitative estimate of drug-likeness (QED) is 0.874. The van der Waals surface area contributed by atoms with Crippen LogP contribution in [0.1, 0.15) is 29.5 Å². The number of guanidine groups is 1. The Morgan fingerprint density at radius 2 is 2.07 bits per heavy atom. The van der Waals surface area contributed by atoms with Crippen LogP contribution in [0.5, 0.6) is 5.75 Å². The first-order chi connectivity index (χ1) is 12.8. The van der Waals surface area contributed by atoms with Crippen LogP contribution in [-0.4, -0.2) is 30.9 Å². The van der Waals surface area contributed by atoms with Crippen LogP contribution in [0.25, 0.3) is 0 Å². The lowest BCUT2D eigenvalue weighted by Gasteiger charge is -2.46. The van der Waals surface area contributed by atoms with Gasteiger partial charge < -0.3 is 10.1 Å². The highest BCUT2D eigenvalue weighted by Gasteiger charge is 2.48. The molecule has 1 aliphatic heterocycles. The van der Waals surface area contributed by atoms with Gasteiger partial charge in [0, 0.05) is 7.05 Å². The van der Waals surface area contributed by atoms with Gasteiger partial charge in [-0.2, -0.15) is 5.26 Å². The molecule has 2 aromatic carbocycles. The molecule has 0 radical (unpaired) electrons. The number of carbonyl (C=O) groups is 1. The van der Waals surface area contributed by atoms with Gasteiger partial charge in [-0.3, -0.25) is 15.1 Å². The Balaban J connectivity index is 2.19. The summed E-state index contributed by atoms with van der Waals surface area (Å²) in [7, 11) is 2.87. The van der Waals surface area contributed by atoms with Crippen molar-refractivity contribution >= 4 is 11.9 Å². The smallest absolute Gasteiger partial charge is 0.239 e. The maximum atomic E-state index is 14.3. The maximum Gasteiger partial charge on any atom is 0.239 e. The highest BCUT2D eigenvalue weighted by molar-refractivity contribution is 6.02. The maximum absolute atomic E-state index is 14.3. The Morgan fingerprint density at radius 1 is 1.33 bits per heavy atom. The lowest BCUT2D eigenvalue weighted by molar-refractivity contribution is -0.131. The molecular formula is C20H19FN4O2. The van der Waals surface area contributed by atoms with E-state index in [1.165, 1.54) is 31.2 Å². The number of likely N-dealkylation sites (N-methyl/N-ethyl adjacent to an activating group) is 1. The largest absolute Gasteiger partial charge is 0.494 e. The van der Waals surface area contributed by atoms with E-state index in [0.717, 1.165) is 0 Å². The van der Waals surface area contributed by atoms with Gasteiger partial charge in [-0.05, 0) is 42.3 Å². The second-order valence-corrected chi connectivity index (χ2v) is 6.59. The fraction of sp³-hybridized carbons (Fsp3) is 0.250. The molecule has 0 aromatic heterocycles. The predicted molar refractivity (Wildman–Crippen MR) is 97.8 cm³/mol. The number of hydrogen-bond donors (Lipinski definition) is 2. The standard InChI is InChI=1S/C20H19FN4O2/c1-20(14-6-4-5-12(9-14)11-22)17(18(26)25(2)19(23)24-20)13-7-8-16(27-3)15(21)10-13/h4-10,17H,1-3H3,(H2,23,24)/t17-,20+/m0/s1. The molecule has 1 heterocycles. The van der Waals surface area contributed by atoms with Crippen molar-refractivity contribution in [3.63, 3.8) is 0 Å². The van der Waals surface area contributed by atoms with E-state index in [1.54, 1.807) is 37.3 Å². The molecule has 2 atom stereocenters. The van der Waals surface area contributed by atoms with E-state index in [9.17, 15) is 14.4 Å². The molecule has 3 rings (SSSR count). The van der Waals surface area contributed by atoms with E-state index in [-0.39, 0.29) is 17.6 Å². The van der Waals surface area contributed by atoms with Crippen molar-refractivity contribution in [3.8, 4) is 11.8 Å². The first-order valence-electron chi connectivity index (χ1n) is 8.30. The van der Waals surface area contributed by atoms with Gasteiger partial charge in [-0.1, -0.05) is 18.2 Å². The Hall–Kier alpha value is -3.40. The van der Waals surface area contributed by atoms with Crippen LogP contribution in [-0.2, 0) is 10.3 Å². The molecule has 2 N–H and O–H groups in total. The highest BCUT2D eigenvalue weighted by Crippen LogP contribution is 2.41. The van der Waals surface area contributed by atoms with Crippen molar-refractivity contribution in [2.45, 2.75) is 18.4 Å². The Morgan fingerprint density at radius 3 is 2.70 bits per heavy atom. The molecule has 27 heavy (non-hydrogen) atoms. The fourth-order valence-electron chi connectivity index (χ4n) is 3.44. The Labute approximate surface area is 156 Å². The van der Waals surface area contributed by atoms with Crippen molar-refractivity contribution in [1.29, 1.82) is 10.7 Å². The number of nitrogens with zero attached hydrogens (tertiary/aromatic N) is 2. The average Bonchev–Trinajstić information content (AvgIpc) is 2.66. The third-order valence-corrected chi connectivity index (χ3v) is 4.97. The van der Waals surface area contributed by atoms with Crippen molar-refractivity contribution in [1.82, 2.24) is 10.2 Å². The monoisotopic (exact) mass is 366 g/mol. The molecule has 0 bridgehead atoms. The van der Waals surface area contributed by atoms with Gasteiger partial charge in [-0.15, -0.1) is 0 Å². The fourth-order valence-corrected chi connectivity index (χ4v) is 3.44. The number of benzene rings is 2. The minimum Gasteiger partial charge on any atom is -0.494 e. The first kappa shape index (κ1) is 18.4. The number of rotatable bonds is 3. The van der Waals surface area contributed by atoms with Crippen LogP contribution in [0.2, 0.25) is 0 Å². The minimum atomic E-state index is -1.03. The zero-order chi connectivity index (χ0) is 19.8.